The van der Waals surface area contributed by atoms with E-state index in [2.05, 4.69) is 11.6 Å². The molecule has 0 amide bonds. The van der Waals surface area contributed by atoms with Crippen LogP contribution in [0.3, 0.4) is 0 Å². The van der Waals surface area contributed by atoms with Crippen molar-refractivity contribution in [2.45, 2.75) is 94.4 Å². The zero-order chi connectivity index (χ0) is 24.2. The number of aryl methyl sites for hydroxylation is 2. The fourth-order valence-corrected chi connectivity index (χ4v) is 6.17. The van der Waals surface area contributed by atoms with Crippen LogP contribution in [0.25, 0.3) is 0 Å². The molecular formula is C25H36F3NO2S2. The van der Waals surface area contributed by atoms with E-state index in [1.807, 2.05) is 0 Å². The SMILES string of the molecule is CCCCCCCCCCCCNS(=O)(=O)c1ccc(CCc2cccc(C(F)(F)F)c2)s1. The molecule has 1 N–H and O–H groups in total. The smallest absolute Gasteiger partial charge is 0.210 e. The van der Waals surface area contributed by atoms with Gasteiger partial charge in [-0.3, -0.25) is 0 Å². The molecule has 2 aromatic rings. The summed E-state index contributed by atoms with van der Waals surface area (Å²) in [4.78, 5) is 0.840. The lowest BCUT2D eigenvalue weighted by Gasteiger charge is -2.08. The molecule has 0 saturated carbocycles. The molecule has 0 radical (unpaired) electrons. The summed E-state index contributed by atoms with van der Waals surface area (Å²) in [5, 5.41) is 0. The van der Waals surface area contributed by atoms with Gasteiger partial charge in [-0.1, -0.05) is 82.9 Å². The molecular weight excluding hydrogens is 467 g/mol. The van der Waals surface area contributed by atoms with Gasteiger partial charge in [0.25, 0.3) is 0 Å². The summed E-state index contributed by atoms with van der Waals surface area (Å²) in [5.41, 5.74) is -0.0765. The minimum absolute atomic E-state index is 0.258. The lowest BCUT2D eigenvalue weighted by Crippen LogP contribution is -2.23. The van der Waals surface area contributed by atoms with E-state index < -0.39 is 21.8 Å². The van der Waals surface area contributed by atoms with Crippen molar-refractivity contribution in [3.8, 4) is 0 Å². The molecule has 0 spiro atoms. The number of rotatable bonds is 16. The van der Waals surface area contributed by atoms with Crippen LogP contribution in [0.15, 0.2) is 40.6 Å². The monoisotopic (exact) mass is 503 g/mol. The Balaban J connectivity index is 1.68. The van der Waals surface area contributed by atoms with Gasteiger partial charge in [-0.25, -0.2) is 13.1 Å². The summed E-state index contributed by atoms with van der Waals surface area (Å²) in [7, 11) is -3.54. The van der Waals surface area contributed by atoms with Crippen molar-refractivity contribution in [3.63, 3.8) is 0 Å². The number of benzene rings is 1. The van der Waals surface area contributed by atoms with Crippen molar-refractivity contribution in [1.29, 1.82) is 0 Å². The maximum atomic E-state index is 12.9. The first kappa shape index (κ1) is 27.9. The first-order valence-electron chi connectivity index (χ1n) is 12.0. The third kappa shape index (κ3) is 10.6. The Bertz CT molecular complexity index is 924. The third-order valence-corrected chi connectivity index (χ3v) is 8.74. The molecule has 0 aliphatic carbocycles. The molecule has 8 heteroatoms. The summed E-state index contributed by atoms with van der Waals surface area (Å²) in [6.07, 6.45) is 8.53. The first-order valence-corrected chi connectivity index (χ1v) is 14.3. The molecule has 2 rings (SSSR count). The van der Waals surface area contributed by atoms with E-state index in [1.54, 1.807) is 18.2 Å². The van der Waals surface area contributed by atoms with Crippen molar-refractivity contribution in [3.05, 3.63) is 52.4 Å². The Hall–Kier alpha value is -1.38. The lowest BCUT2D eigenvalue weighted by atomic mass is 10.1. The summed E-state index contributed by atoms with van der Waals surface area (Å²) in [6.45, 7) is 2.65. The normalized spacial score (nSPS) is 12.4. The standard InChI is InChI=1S/C25H36F3NO2S2/c1-2-3-4-5-6-7-8-9-10-11-19-29-33(30,31)24-18-17-23(32-24)16-15-21-13-12-14-22(20-21)25(26,27)28/h12-14,17-18,20,29H,2-11,15-16,19H2,1H3. The lowest BCUT2D eigenvalue weighted by molar-refractivity contribution is -0.137. The van der Waals surface area contributed by atoms with E-state index in [1.165, 1.54) is 62.3 Å². The quantitative estimate of drug-likeness (QED) is 0.238. The van der Waals surface area contributed by atoms with Crippen molar-refractivity contribution >= 4 is 21.4 Å². The van der Waals surface area contributed by atoms with E-state index in [-0.39, 0.29) is 4.21 Å². The molecule has 186 valence electrons. The topological polar surface area (TPSA) is 46.2 Å². The summed E-state index contributed by atoms with van der Waals surface area (Å²) >= 11 is 1.18. The second-order valence-electron chi connectivity index (χ2n) is 8.50. The number of thiophene rings is 1. The van der Waals surface area contributed by atoms with Gasteiger partial charge < -0.3 is 0 Å². The predicted octanol–water partition coefficient (Wildman–Crippen LogP) is 7.75. The number of hydrogen-bond donors (Lipinski definition) is 1. The molecule has 33 heavy (non-hydrogen) atoms. The number of nitrogens with one attached hydrogen (secondary N) is 1. The second-order valence-corrected chi connectivity index (χ2v) is 11.7. The Labute approximate surface area is 200 Å². The Kier molecular flexibility index (Phi) is 11.9. The molecule has 0 bridgehead atoms. The summed E-state index contributed by atoms with van der Waals surface area (Å²) in [6, 6.07) is 8.59. The molecule has 1 aromatic carbocycles. The summed E-state index contributed by atoms with van der Waals surface area (Å²) < 4.78 is 66.5. The van der Waals surface area contributed by atoms with Gasteiger partial charge in [0.05, 0.1) is 5.56 Å². The maximum Gasteiger partial charge on any atom is 0.416 e. The highest BCUT2D eigenvalue weighted by Crippen LogP contribution is 2.30. The van der Waals surface area contributed by atoms with E-state index >= 15 is 0 Å². The minimum atomic E-state index is -4.36. The van der Waals surface area contributed by atoms with Crippen molar-refractivity contribution in [2.24, 2.45) is 0 Å². The average Bonchev–Trinajstić information content (AvgIpc) is 3.26. The highest BCUT2D eigenvalue weighted by atomic mass is 32.2. The first-order chi connectivity index (χ1) is 15.7. The number of sulfonamides is 1. The molecule has 0 aliphatic heterocycles. The average molecular weight is 504 g/mol. The molecule has 1 heterocycles. The van der Waals surface area contributed by atoms with E-state index in [4.69, 9.17) is 0 Å². The van der Waals surface area contributed by atoms with Crippen LogP contribution in [0.5, 0.6) is 0 Å². The van der Waals surface area contributed by atoms with Gasteiger partial charge in [0.2, 0.25) is 10.0 Å². The maximum absolute atomic E-state index is 12.9. The Morgan fingerprint density at radius 3 is 2.12 bits per heavy atom. The van der Waals surface area contributed by atoms with Crippen molar-refractivity contribution < 1.29 is 21.6 Å². The molecule has 3 nitrogen and oxygen atoms in total. The van der Waals surface area contributed by atoms with E-state index in [0.29, 0.717) is 24.9 Å². The third-order valence-electron chi connectivity index (χ3n) is 5.64. The Morgan fingerprint density at radius 1 is 0.848 bits per heavy atom. The van der Waals surface area contributed by atoms with Gasteiger partial charge in [-0.05, 0) is 43.0 Å². The minimum Gasteiger partial charge on any atom is -0.210 e. The van der Waals surface area contributed by atoms with Gasteiger partial charge in [-0.15, -0.1) is 11.3 Å². The van der Waals surface area contributed by atoms with Crippen LogP contribution >= 0.6 is 11.3 Å². The van der Waals surface area contributed by atoms with Gasteiger partial charge >= 0.3 is 6.18 Å². The van der Waals surface area contributed by atoms with Crippen LogP contribution in [0.1, 0.15) is 87.1 Å². The van der Waals surface area contributed by atoms with Crippen LogP contribution < -0.4 is 4.72 Å². The highest BCUT2D eigenvalue weighted by molar-refractivity contribution is 7.91. The van der Waals surface area contributed by atoms with E-state index in [9.17, 15) is 21.6 Å². The van der Waals surface area contributed by atoms with E-state index in [0.717, 1.165) is 36.3 Å². The molecule has 0 saturated heterocycles. The number of halogens is 3. The highest BCUT2D eigenvalue weighted by Gasteiger charge is 2.30. The van der Waals surface area contributed by atoms with Crippen LogP contribution in [-0.4, -0.2) is 15.0 Å². The second kappa shape index (κ2) is 14.1. The summed E-state index contributed by atoms with van der Waals surface area (Å²) in [5.74, 6) is 0. The molecule has 1 aromatic heterocycles. The zero-order valence-corrected chi connectivity index (χ0v) is 21.1. The van der Waals surface area contributed by atoms with Gasteiger partial charge in [0, 0.05) is 11.4 Å². The van der Waals surface area contributed by atoms with Gasteiger partial charge in [0.1, 0.15) is 4.21 Å². The zero-order valence-electron chi connectivity index (χ0n) is 19.4. The predicted molar refractivity (Wildman–Crippen MR) is 130 cm³/mol. The largest absolute Gasteiger partial charge is 0.416 e. The molecule has 0 unspecified atom stereocenters. The van der Waals surface area contributed by atoms with Gasteiger partial charge in [0.15, 0.2) is 0 Å². The fourth-order valence-electron chi connectivity index (χ4n) is 3.70. The number of hydrogen-bond acceptors (Lipinski definition) is 3. The van der Waals surface area contributed by atoms with Crippen LogP contribution in [0.4, 0.5) is 13.2 Å². The fraction of sp³-hybridized carbons (Fsp3) is 0.600. The van der Waals surface area contributed by atoms with Gasteiger partial charge in [-0.2, -0.15) is 13.2 Å². The van der Waals surface area contributed by atoms with Crippen LogP contribution in [-0.2, 0) is 29.0 Å². The molecule has 0 fully saturated rings. The molecule has 0 aliphatic rings. The van der Waals surface area contributed by atoms with Crippen molar-refractivity contribution in [2.75, 3.05) is 6.54 Å². The van der Waals surface area contributed by atoms with Crippen molar-refractivity contribution in [1.82, 2.24) is 4.72 Å². The number of unbranched alkanes of at least 4 members (excludes halogenated alkanes) is 9. The molecule has 0 atom stereocenters. The van der Waals surface area contributed by atoms with Crippen LogP contribution in [0, 0.1) is 0 Å². The number of alkyl halides is 3. The Morgan fingerprint density at radius 2 is 1.48 bits per heavy atom. The van der Waals surface area contributed by atoms with Crippen LogP contribution in [0.2, 0.25) is 0 Å².